The SMILES string of the molecule is COc1ccc2nc(-c3ccccc3F)n(Cc3ccccc3)c2c1. The number of imidazole rings is 1. The average Bonchev–Trinajstić information content (AvgIpc) is 3.00. The van der Waals surface area contributed by atoms with Crippen molar-refractivity contribution in [1.82, 2.24) is 9.55 Å². The van der Waals surface area contributed by atoms with E-state index in [1.807, 2.05) is 47.0 Å². The lowest BCUT2D eigenvalue weighted by atomic mass is 10.2. The minimum Gasteiger partial charge on any atom is -0.497 e. The Labute approximate surface area is 145 Å². The third-order valence-corrected chi connectivity index (χ3v) is 4.25. The van der Waals surface area contributed by atoms with Crippen LogP contribution in [0.5, 0.6) is 5.75 Å². The molecule has 1 heterocycles. The highest BCUT2D eigenvalue weighted by atomic mass is 19.1. The number of methoxy groups -OCH3 is 1. The Morgan fingerprint density at radius 1 is 0.960 bits per heavy atom. The highest BCUT2D eigenvalue weighted by molar-refractivity contribution is 5.82. The van der Waals surface area contributed by atoms with Gasteiger partial charge < -0.3 is 9.30 Å². The summed E-state index contributed by atoms with van der Waals surface area (Å²) in [5.41, 5.74) is 3.35. The van der Waals surface area contributed by atoms with Gasteiger partial charge in [0.25, 0.3) is 0 Å². The molecule has 0 unspecified atom stereocenters. The maximum Gasteiger partial charge on any atom is 0.144 e. The maximum atomic E-state index is 14.4. The first-order chi connectivity index (χ1) is 12.3. The first-order valence-electron chi connectivity index (χ1n) is 8.09. The third kappa shape index (κ3) is 2.87. The number of nitrogens with zero attached hydrogens (tertiary/aromatic N) is 2. The van der Waals surface area contributed by atoms with E-state index in [0.29, 0.717) is 17.9 Å². The van der Waals surface area contributed by atoms with Gasteiger partial charge >= 0.3 is 0 Å². The van der Waals surface area contributed by atoms with E-state index < -0.39 is 0 Å². The number of aromatic nitrogens is 2. The van der Waals surface area contributed by atoms with Gasteiger partial charge in [-0.25, -0.2) is 9.37 Å². The fourth-order valence-electron chi connectivity index (χ4n) is 3.00. The van der Waals surface area contributed by atoms with E-state index in [2.05, 4.69) is 17.1 Å². The Morgan fingerprint density at radius 3 is 2.48 bits per heavy atom. The molecule has 4 rings (SSSR count). The summed E-state index contributed by atoms with van der Waals surface area (Å²) in [6, 6.07) is 22.5. The van der Waals surface area contributed by atoms with Crippen LogP contribution in [0.25, 0.3) is 22.4 Å². The Hall–Kier alpha value is -3.14. The molecule has 0 bridgehead atoms. The molecule has 0 spiro atoms. The normalized spacial score (nSPS) is 11.0. The fourth-order valence-corrected chi connectivity index (χ4v) is 3.00. The van der Waals surface area contributed by atoms with Crippen molar-refractivity contribution < 1.29 is 9.13 Å². The van der Waals surface area contributed by atoms with E-state index >= 15 is 0 Å². The van der Waals surface area contributed by atoms with Crippen molar-refractivity contribution in [2.75, 3.05) is 7.11 Å². The zero-order valence-corrected chi connectivity index (χ0v) is 13.8. The Balaban J connectivity index is 1.95. The highest BCUT2D eigenvalue weighted by Crippen LogP contribution is 2.29. The van der Waals surface area contributed by atoms with E-state index in [-0.39, 0.29) is 5.82 Å². The molecule has 0 aliphatic rings. The predicted octanol–water partition coefficient (Wildman–Crippen LogP) is 4.90. The molecule has 4 aromatic rings. The van der Waals surface area contributed by atoms with E-state index in [0.717, 1.165) is 22.3 Å². The van der Waals surface area contributed by atoms with Crippen LogP contribution in [0.15, 0.2) is 72.8 Å². The van der Waals surface area contributed by atoms with Gasteiger partial charge in [-0.2, -0.15) is 0 Å². The fraction of sp³-hybridized carbons (Fsp3) is 0.0952. The number of benzene rings is 3. The molecule has 0 aliphatic heterocycles. The van der Waals surface area contributed by atoms with Crippen LogP contribution in [0.3, 0.4) is 0 Å². The quantitative estimate of drug-likeness (QED) is 0.531. The molecular weight excluding hydrogens is 315 g/mol. The number of rotatable bonds is 4. The summed E-state index contributed by atoms with van der Waals surface area (Å²) in [5, 5.41) is 0. The average molecular weight is 332 g/mol. The van der Waals surface area contributed by atoms with Crippen molar-refractivity contribution in [1.29, 1.82) is 0 Å². The molecule has 1 aromatic heterocycles. The van der Waals surface area contributed by atoms with Gasteiger partial charge in [0.1, 0.15) is 17.4 Å². The lowest BCUT2D eigenvalue weighted by Gasteiger charge is -2.10. The Morgan fingerprint density at radius 2 is 1.72 bits per heavy atom. The smallest absolute Gasteiger partial charge is 0.144 e. The molecule has 25 heavy (non-hydrogen) atoms. The van der Waals surface area contributed by atoms with Crippen LogP contribution < -0.4 is 4.74 Å². The zero-order chi connectivity index (χ0) is 17.2. The van der Waals surface area contributed by atoms with Gasteiger partial charge in [0.15, 0.2) is 0 Å². The molecule has 0 amide bonds. The number of ether oxygens (including phenoxy) is 1. The van der Waals surface area contributed by atoms with Gasteiger partial charge in [0, 0.05) is 12.6 Å². The monoisotopic (exact) mass is 332 g/mol. The molecule has 0 atom stereocenters. The van der Waals surface area contributed by atoms with Crippen molar-refractivity contribution in [3.63, 3.8) is 0 Å². The van der Waals surface area contributed by atoms with Crippen LogP contribution in [-0.4, -0.2) is 16.7 Å². The van der Waals surface area contributed by atoms with Gasteiger partial charge in [0.2, 0.25) is 0 Å². The lowest BCUT2D eigenvalue weighted by molar-refractivity contribution is 0.415. The minimum atomic E-state index is -0.279. The molecule has 4 heteroatoms. The maximum absolute atomic E-state index is 14.4. The van der Waals surface area contributed by atoms with E-state index in [4.69, 9.17) is 4.74 Å². The standard InChI is InChI=1S/C21H17FN2O/c1-25-16-11-12-19-20(13-16)24(14-15-7-3-2-4-8-15)21(23-19)17-9-5-6-10-18(17)22/h2-13H,14H2,1H3. The highest BCUT2D eigenvalue weighted by Gasteiger charge is 2.16. The molecule has 0 radical (unpaired) electrons. The van der Waals surface area contributed by atoms with Crippen LogP contribution in [0.4, 0.5) is 4.39 Å². The van der Waals surface area contributed by atoms with Crippen LogP contribution in [-0.2, 0) is 6.54 Å². The third-order valence-electron chi connectivity index (χ3n) is 4.25. The second-order valence-electron chi connectivity index (χ2n) is 5.84. The van der Waals surface area contributed by atoms with Crippen molar-refractivity contribution in [2.24, 2.45) is 0 Å². The summed E-state index contributed by atoms with van der Waals surface area (Å²) in [5.74, 6) is 1.09. The number of fused-ring (bicyclic) bond motifs is 1. The van der Waals surface area contributed by atoms with Crippen molar-refractivity contribution >= 4 is 11.0 Å². The molecule has 0 fully saturated rings. The predicted molar refractivity (Wildman–Crippen MR) is 97.2 cm³/mol. The van der Waals surface area contributed by atoms with E-state index in [1.54, 1.807) is 19.2 Å². The van der Waals surface area contributed by atoms with Gasteiger partial charge in [-0.15, -0.1) is 0 Å². The summed E-state index contributed by atoms with van der Waals surface area (Å²) in [7, 11) is 1.64. The van der Waals surface area contributed by atoms with Crippen LogP contribution in [0, 0.1) is 5.82 Å². The Bertz CT molecular complexity index is 1020. The zero-order valence-electron chi connectivity index (χ0n) is 13.8. The first-order valence-corrected chi connectivity index (χ1v) is 8.09. The number of hydrogen-bond acceptors (Lipinski definition) is 2. The largest absolute Gasteiger partial charge is 0.497 e. The summed E-state index contributed by atoms with van der Waals surface area (Å²) in [6.07, 6.45) is 0. The Kier molecular flexibility index (Phi) is 3.94. The van der Waals surface area contributed by atoms with Gasteiger partial charge in [-0.3, -0.25) is 0 Å². The molecule has 3 aromatic carbocycles. The van der Waals surface area contributed by atoms with E-state index in [9.17, 15) is 4.39 Å². The molecule has 0 N–H and O–H groups in total. The lowest BCUT2D eigenvalue weighted by Crippen LogP contribution is -2.03. The minimum absolute atomic E-state index is 0.279. The van der Waals surface area contributed by atoms with Gasteiger partial charge in [-0.1, -0.05) is 42.5 Å². The summed E-state index contributed by atoms with van der Waals surface area (Å²) in [4.78, 5) is 4.68. The van der Waals surface area contributed by atoms with Crippen LogP contribution >= 0.6 is 0 Å². The summed E-state index contributed by atoms with van der Waals surface area (Å²) in [6.45, 7) is 0.605. The van der Waals surface area contributed by atoms with Gasteiger partial charge in [0.05, 0.1) is 23.7 Å². The molecule has 0 saturated heterocycles. The van der Waals surface area contributed by atoms with Crippen molar-refractivity contribution in [2.45, 2.75) is 6.54 Å². The van der Waals surface area contributed by atoms with Crippen LogP contribution in [0.1, 0.15) is 5.56 Å². The van der Waals surface area contributed by atoms with Gasteiger partial charge in [-0.05, 0) is 29.8 Å². The first kappa shape index (κ1) is 15.4. The second kappa shape index (κ2) is 6.40. The van der Waals surface area contributed by atoms with Crippen LogP contribution in [0.2, 0.25) is 0 Å². The molecule has 3 nitrogen and oxygen atoms in total. The molecule has 124 valence electrons. The number of hydrogen-bond donors (Lipinski definition) is 0. The van der Waals surface area contributed by atoms with E-state index in [1.165, 1.54) is 6.07 Å². The van der Waals surface area contributed by atoms with Crippen molar-refractivity contribution in [3.05, 3.63) is 84.2 Å². The molecule has 0 aliphatic carbocycles. The second-order valence-corrected chi connectivity index (χ2v) is 5.84. The molecule has 0 saturated carbocycles. The van der Waals surface area contributed by atoms with Crippen molar-refractivity contribution in [3.8, 4) is 17.1 Å². The summed E-state index contributed by atoms with van der Waals surface area (Å²) < 4.78 is 21.8. The molecular formula is C21H17FN2O. The topological polar surface area (TPSA) is 27.1 Å². The number of halogens is 1. The summed E-state index contributed by atoms with van der Waals surface area (Å²) >= 11 is 0.